The fourth-order valence-electron chi connectivity index (χ4n) is 3.15. The van der Waals surface area contributed by atoms with Crippen molar-refractivity contribution >= 4 is 0 Å². The Morgan fingerprint density at radius 2 is 1.95 bits per heavy atom. The summed E-state index contributed by atoms with van der Waals surface area (Å²) >= 11 is 0. The zero-order valence-electron chi connectivity index (χ0n) is 12.6. The minimum absolute atomic E-state index is 0.299. The van der Waals surface area contributed by atoms with Gasteiger partial charge in [-0.05, 0) is 51.4 Å². The number of aliphatic hydroxyl groups is 1. The van der Waals surface area contributed by atoms with Crippen LogP contribution in [-0.2, 0) is 6.42 Å². The lowest BCUT2D eigenvalue weighted by molar-refractivity contribution is -0.0170. The highest BCUT2D eigenvalue weighted by atomic mass is 16.3. The molecule has 2 rings (SSSR count). The first-order valence-corrected chi connectivity index (χ1v) is 7.52. The Kier molecular flexibility index (Phi) is 4.29. The third-order valence-corrected chi connectivity index (χ3v) is 4.53. The molecular weight excluding hydrogens is 238 g/mol. The number of aromatic nitrogens is 3. The standard InChI is InChI=1S/C15H27N3O/c1-11(2)13-5-7-15(19,8-6-13)9-14-16-10-17-18(14)12(3)4/h10-13,19H,5-9H2,1-4H3. The van der Waals surface area contributed by atoms with E-state index >= 15 is 0 Å². The third kappa shape index (κ3) is 3.35. The second kappa shape index (κ2) is 5.61. The zero-order valence-corrected chi connectivity index (χ0v) is 12.6. The van der Waals surface area contributed by atoms with Gasteiger partial charge in [0.2, 0.25) is 0 Å². The summed E-state index contributed by atoms with van der Waals surface area (Å²) in [5.74, 6) is 2.41. The van der Waals surface area contributed by atoms with Gasteiger partial charge >= 0.3 is 0 Å². The maximum atomic E-state index is 10.8. The summed E-state index contributed by atoms with van der Waals surface area (Å²) < 4.78 is 1.92. The van der Waals surface area contributed by atoms with Crippen molar-refractivity contribution in [1.29, 1.82) is 0 Å². The van der Waals surface area contributed by atoms with E-state index in [4.69, 9.17) is 0 Å². The summed E-state index contributed by atoms with van der Waals surface area (Å²) in [7, 11) is 0. The average Bonchev–Trinajstić information content (AvgIpc) is 2.77. The summed E-state index contributed by atoms with van der Waals surface area (Å²) in [6.07, 6.45) is 6.27. The second-order valence-electron chi connectivity index (χ2n) is 6.70. The van der Waals surface area contributed by atoms with Crippen LogP contribution in [0.4, 0.5) is 0 Å². The Labute approximate surface area is 116 Å². The fourth-order valence-corrected chi connectivity index (χ4v) is 3.15. The predicted molar refractivity (Wildman–Crippen MR) is 75.9 cm³/mol. The Bertz CT molecular complexity index is 403. The van der Waals surface area contributed by atoms with E-state index in [9.17, 15) is 5.11 Å². The van der Waals surface area contributed by atoms with Crippen molar-refractivity contribution in [3.8, 4) is 0 Å². The lowest BCUT2D eigenvalue weighted by atomic mass is 9.73. The smallest absolute Gasteiger partial charge is 0.138 e. The molecule has 1 aliphatic carbocycles. The van der Waals surface area contributed by atoms with Crippen LogP contribution < -0.4 is 0 Å². The van der Waals surface area contributed by atoms with Crippen LogP contribution >= 0.6 is 0 Å². The molecule has 0 saturated heterocycles. The van der Waals surface area contributed by atoms with E-state index in [1.807, 2.05) is 4.68 Å². The Morgan fingerprint density at radius 1 is 1.32 bits per heavy atom. The van der Waals surface area contributed by atoms with Crippen LogP contribution in [0.25, 0.3) is 0 Å². The lowest BCUT2D eigenvalue weighted by Gasteiger charge is -2.37. The van der Waals surface area contributed by atoms with Crippen LogP contribution in [-0.4, -0.2) is 25.5 Å². The van der Waals surface area contributed by atoms with Crippen molar-refractivity contribution in [2.24, 2.45) is 11.8 Å². The molecule has 0 bridgehead atoms. The molecule has 1 aliphatic rings. The van der Waals surface area contributed by atoms with Crippen LogP contribution in [0.5, 0.6) is 0 Å². The van der Waals surface area contributed by atoms with Gasteiger partial charge in [0.15, 0.2) is 0 Å². The summed E-state index contributed by atoms with van der Waals surface area (Å²) in [5, 5.41) is 15.0. The maximum absolute atomic E-state index is 10.8. The normalized spacial score (nSPS) is 28.3. The summed E-state index contributed by atoms with van der Waals surface area (Å²) in [6, 6.07) is 0.299. The van der Waals surface area contributed by atoms with Crippen molar-refractivity contribution in [2.75, 3.05) is 0 Å². The van der Waals surface area contributed by atoms with E-state index in [1.165, 1.54) is 0 Å². The van der Waals surface area contributed by atoms with E-state index in [0.29, 0.717) is 12.5 Å². The molecule has 1 fully saturated rings. The Balaban J connectivity index is 2.01. The molecule has 0 unspecified atom stereocenters. The van der Waals surface area contributed by atoms with Crippen LogP contribution in [0, 0.1) is 11.8 Å². The van der Waals surface area contributed by atoms with Gasteiger partial charge in [-0.3, -0.25) is 0 Å². The van der Waals surface area contributed by atoms with Gasteiger partial charge in [-0.25, -0.2) is 9.67 Å². The zero-order chi connectivity index (χ0) is 14.0. The van der Waals surface area contributed by atoms with Gasteiger partial charge in [-0.2, -0.15) is 5.10 Å². The van der Waals surface area contributed by atoms with E-state index in [1.54, 1.807) is 6.33 Å². The van der Waals surface area contributed by atoms with Gasteiger partial charge in [0.1, 0.15) is 12.2 Å². The first-order chi connectivity index (χ1) is 8.91. The second-order valence-corrected chi connectivity index (χ2v) is 6.70. The molecule has 0 amide bonds. The van der Waals surface area contributed by atoms with E-state index < -0.39 is 5.60 Å². The third-order valence-electron chi connectivity index (χ3n) is 4.53. The Hall–Kier alpha value is -0.900. The maximum Gasteiger partial charge on any atom is 0.138 e. The molecule has 1 N–H and O–H groups in total. The molecule has 108 valence electrons. The molecule has 1 saturated carbocycles. The minimum Gasteiger partial charge on any atom is -0.389 e. The molecule has 0 spiro atoms. The predicted octanol–water partition coefficient (Wildman–Crippen LogP) is 2.98. The minimum atomic E-state index is -0.578. The molecule has 19 heavy (non-hydrogen) atoms. The molecule has 0 aromatic carbocycles. The molecule has 1 heterocycles. The van der Waals surface area contributed by atoms with Crippen molar-refractivity contribution < 1.29 is 5.11 Å². The van der Waals surface area contributed by atoms with Gasteiger partial charge in [-0.1, -0.05) is 13.8 Å². The van der Waals surface area contributed by atoms with E-state index in [-0.39, 0.29) is 0 Å². The quantitative estimate of drug-likeness (QED) is 0.910. The van der Waals surface area contributed by atoms with Crippen LogP contribution in [0.1, 0.15) is 65.2 Å². The fraction of sp³-hybridized carbons (Fsp3) is 0.867. The summed E-state index contributed by atoms with van der Waals surface area (Å²) in [5.41, 5.74) is -0.578. The van der Waals surface area contributed by atoms with Crippen molar-refractivity contribution in [3.63, 3.8) is 0 Å². The van der Waals surface area contributed by atoms with Crippen molar-refractivity contribution in [3.05, 3.63) is 12.2 Å². The Morgan fingerprint density at radius 3 is 2.47 bits per heavy atom. The molecule has 0 atom stereocenters. The number of rotatable bonds is 4. The highest BCUT2D eigenvalue weighted by molar-refractivity contribution is 4.98. The number of hydrogen-bond donors (Lipinski definition) is 1. The van der Waals surface area contributed by atoms with Crippen molar-refractivity contribution in [1.82, 2.24) is 14.8 Å². The van der Waals surface area contributed by atoms with E-state index in [0.717, 1.165) is 43.3 Å². The largest absolute Gasteiger partial charge is 0.389 e. The molecule has 1 aromatic rings. The molecule has 4 nitrogen and oxygen atoms in total. The number of nitrogens with zero attached hydrogens (tertiary/aromatic N) is 3. The molecule has 0 aliphatic heterocycles. The lowest BCUT2D eigenvalue weighted by Crippen LogP contribution is -2.38. The highest BCUT2D eigenvalue weighted by Gasteiger charge is 2.35. The van der Waals surface area contributed by atoms with Crippen LogP contribution in [0.3, 0.4) is 0 Å². The molecule has 4 heteroatoms. The highest BCUT2D eigenvalue weighted by Crippen LogP contribution is 2.37. The van der Waals surface area contributed by atoms with E-state index in [2.05, 4.69) is 37.8 Å². The summed E-state index contributed by atoms with van der Waals surface area (Å²) in [4.78, 5) is 4.32. The van der Waals surface area contributed by atoms with Gasteiger partial charge in [0.25, 0.3) is 0 Å². The first kappa shape index (κ1) is 14.5. The van der Waals surface area contributed by atoms with Crippen LogP contribution in [0.15, 0.2) is 6.33 Å². The van der Waals surface area contributed by atoms with Gasteiger partial charge in [0, 0.05) is 12.5 Å². The molecular formula is C15H27N3O. The monoisotopic (exact) mass is 265 g/mol. The topological polar surface area (TPSA) is 50.9 Å². The SMILES string of the molecule is CC(C)C1CCC(O)(Cc2ncnn2C(C)C)CC1. The van der Waals surface area contributed by atoms with Crippen molar-refractivity contribution in [2.45, 2.75) is 71.4 Å². The van der Waals surface area contributed by atoms with Crippen LogP contribution in [0.2, 0.25) is 0 Å². The molecule has 0 radical (unpaired) electrons. The number of hydrogen-bond acceptors (Lipinski definition) is 3. The average molecular weight is 265 g/mol. The first-order valence-electron chi connectivity index (χ1n) is 7.52. The van der Waals surface area contributed by atoms with Gasteiger partial charge < -0.3 is 5.11 Å². The summed E-state index contributed by atoms with van der Waals surface area (Å²) in [6.45, 7) is 8.75. The molecule has 1 aromatic heterocycles. The van der Waals surface area contributed by atoms with Gasteiger partial charge in [0.05, 0.1) is 5.60 Å². The van der Waals surface area contributed by atoms with Gasteiger partial charge in [-0.15, -0.1) is 0 Å².